The summed E-state index contributed by atoms with van der Waals surface area (Å²) in [6, 6.07) is 60.6. The molecule has 0 aliphatic rings. The number of benzene rings is 8. The third kappa shape index (κ3) is 5.13. The molecular weight excluding hydrogens is 663 g/mol. The Balaban J connectivity index is 0.986. The Kier molecular flexibility index (Phi) is 6.79. The molecule has 0 saturated heterocycles. The molecule has 0 bridgehead atoms. The molecule has 0 atom stereocenters. The highest BCUT2D eigenvalue weighted by Crippen LogP contribution is 2.38. The molecule has 0 spiro atoms. The highest BCUT2D eigenvalue weighted by molar-refractivity contribution is 6.12. The molecule has 3 aromatic heterocycles. The second kappa shape index (κ2) is 12.1. The van der Waals surface area contributed by atoms with Crippen LogP contribution in [0.25, 0.3) is 111 Å². The van der Waals surface area contributed by atoms with Gasteiger partial charge in [-0.3, -0.25) is 0 Å². The van der Waals surface area contributed by atoms with E-state index in [1.54, 1.807) is 0 Å². The summed E-state index contributed by atoms with van der Waals surface area (Å²) >= 11 is 0. The highest BCUT2D eigenvalue weighted by atomic mass is 16.3. The van der Waals surface area contributed by atoms with Crippen molar-refractivity contribution >= 4 is 54.6 Å². The fourth-order valence-corrected chi connectivity index (χ4v) is 7.53. The number of nitrogens with zero attached hydrogens (tertiary/aromatic N) is 3. The van der Waals surface area contributed by atoms with E-state index in [1.165, 1.54) is 10.8 Å². The summed E-state index contributed by atoms with van der Waals surface area (Å²) in [5.41, 5.74) is 10.6. The number of aromatic nitrogens is 3. The summed E-state index contributed by atoms with van der Waals surface area (Å²) in [4.78, 5) is 14.9. The Labute approximate surface area is 309 Å². The monoisotopic (exact) mass is 691 g/mol. The van der Waals surface area contributed by atoms with Crippen LogP contribution in [-0.4, -0.2) is 15.0 Å². The molecule has 54 heavy (non-hydrogen) atoms. The van der Waals surface area contributed by atoms with Crippen molar-refractivity contribution in [2.75, 3.05) is 0 Å². The maximum Gasteiger partial charge on any atom is 0.164 e. The van der Waals surface area contributed by atoms with Gasteiger partial charge in [0.1, 0.15) is 22.3 Å². The lowest BCUT2D eigenvalue weighted by atomic mass is 10.00. The average Bonchev–Trinajstić information content (AvgIpc) is 3.79. The lowest BCUT2D eigenvalue weighted by Gasteiger charge is -2.09. The molecule has 8 aromatic carbocycles. The van der Waals surface area contributed by atoms with Crippen molar-refractivity contribution in [3.8, 4) is 56.4 Å². The number of rotatable bonds is 5. The molecule has 11 aromatic rings. The fourth-order valence-electron chi connectivity index (χ4n) is 7.53. The van der Waals surface area contributed by atoms with E-state index < -0.39 is 0 Å². The Morgan fingerprint density at radius 2 is 0.685 bits per heavy atom. The van der Waals surface area contributed by atoms with Gasteiger partial charge in [0.15, 0.2) is 17.5 Å². The van der Waals surface area contributed by atoms with Crippen LogP contribution in [0.4, 0.5) is 0 Å². The van der Waals surface area contributed by atoms with Crippen molar-refractivity contribution in [1.82, 2.24) is 15.0 Å². The molecule has 252 valence electrons. The van der Waals surface area contributed by atoms with Crippen LogP contribution in [0.3, 0.4) is 0 Å². The zero-order chi connectivity index (χ0) is 35.6. The van der Waals surface area contributed by atoms with E-state index >= 15 is 0 Å². The number of hydrogen-bond acceptors (Lipinski definition) is 5. The zero-order valence-electron chi connectivity index (χ0n) is 28.9. The van der Waals surface area contributed by atoms with Crippen LogP contribution >= 0.6 is 0 Å². The Morgan fingerprint density at radius 3 is 1.33 bits per heavy atom. The van der Waals surface area contributed by atoms with Crippen LogP contribution in [0, 0.1) is 0 Å². The molecule has 0 saturated carbocycles. The summed E-state index contributed by atoms with van der Waals surface area (Å²) < 4.78 is 12.7. The van der Waals surface area contributed by atoms with Crippen LogP contribution < -0.4 is 0 Å². The smallest absolute Gasteiger partial charge is 0.164 e. The summed E-state index contributed by atoms with van der Waals surface area (Å²) in [6.45, 7) is 0. The third-order valence-electron chi connectivity index (χ3n) is 10.3. The van der Waals surface area contributed by atoms with Crippen LogP contribution in [-0.2, 0) is 0 Å². The van der Waals surface area contributed by atoms with Crippen molar-refractivity contribution < 1.29 is 8.83 Å². The SMILES string of the molecule is c1ccc(-c2ccc(-c3nc(-c4ccccc4)nc(-c4ccc5c(c4)oc4ccc(-c6ccc7oc8cc9ccccc9cc8c7c6)cc45)n3)cc2)cc1. The molecule has 5 nitrogen and oxygen atoms in total. The van der Waals surface area contributed by atoms with Gasteiger partial charge >= 0.3 is 0 Å². The van der Waals surface area contributed by atoms with E-state index in [1.807, 2.05) is 42.5 Å². The van der Waals surface area contributed by atoms with E-state index in [0.717, 1.165) is 82.8 Å². The molecule has 5 heteroatoms. The first-order valence-electron chi connectivity index (χ1n) is 18.0. The molecular formula is C49H29N3O2. The molecule has 0 unspecified atom stereocenters. The summed E-state index contributed by atoms with van der Waals surface area (Å²) in [6.07, 6.45) is 0. The van der Waals surface area contributed by atoms with Crippen molar-refractivity contribution in [1.29, 1.82) is 0 Å². The number of furan rings is 2. The lowest BCUT2D eigenvalue weighted by Crippen LogP contribution is -2.00. The predicted octanol–water partition coefficient (Wildman–Crippen LogP) is 13.2. The summed E-state index contributed by atoms with van der Waals surface area (Å²) in [5, 5.41) is 6.68. The first-order chi connectivity index (χ1) is 26.7. The van der Waals surface area contributed by atoms with Crippen molar-refractivity contribution in [2.45, 2.75) is 0 Å². The summed E-state index contributed by atoms with van der Waals surface area (Å²) in [5.74, 6) is 1.82. The van der Waals surface area contributed by atoms with E-state index in [0.29, 0.717) is 17.5 Å². The van der Waals surface area contributed by atoms with Gasteiger partial charge in [0.25, 0.3) is 0 Å². The Morgan fingerprint density at radius 1 is 0.259 bits per heavy atom. The van der Waals surface area contributed by atoms with E-state index in [2.05, 4.69) is 133 Å². The van der Waals surface area contributed by atoms with E-state index in [9.17, 15) is 0 Å². The van der Waals surface area contributed by atoms with Gasteiger partial charge in [-0.2, -0.15) is 0 Å². The first kappa shape index (κ1) is 30.3. The van der Waals surface area contributed by atoms with Crippen LogP contribution in [0.5, 0.6) is 0 Å². The van der Waals surface area contributed by atoms with Gasteiger partial charge in [-0.05, 0) is 81.6 Å². The molecule has 3 heterocycles. The van der Waals surface area contributed by atoms with E-state index in [4.69, 9.17) is 23.8 Å². The van der Waals surface area contributed by atoms with E-state index in [-0.39, 0.29) is 0 Å². The first-order valence-corrected chi connectivity index (χ1v) is 18.0. The van der Waals surface area contributed by atoms with Gasteiger partial charge in [-0.25, -0.2) is 15.0 Å². The largest absolute Gasteiger partial charge is 0.456 e. The van der Waals surface area contributed by atoms with Gasteiger partial charge < -0.3 is 8.83 Å². The van der Waals surface area contributed by atoms with Gasteiger partial charge in [0.2, 0.25) is 0 Å². The molecule has 0 aliphatic heterocycles. The van der Waals surface area contributed by atoms with Gasteiger partial charge in [0.05, 0.1) is 0 Å². The van der Waals surface area contributed by atoms with Crippen LogP contribution in [0.15, 0.2) is 185 Å². The van der Waals surface area contributed by atoms with Crippen LogP contribution in [0.1, 0.15) is 0 Å². The third-order valence-corrected chi connectivity index (χ3v) is 10.3. The minimum atomic E-state index is 0.586. The topological polar surface area (TPSA) is 65.0 Å². The molecule has 0 radical (unpaired) electrons. The maximum atomic E-state index is 6.46. The Bertz CT molecular complexity index is 3200. The Hall–Kier alpha value is -7.37. The second-order valence-corrected chi connectivity index (χ2v) is 13.6. The molecule has 11 rings (SSSR count). The van der Waals surface area contributed by atoms with Gasteiger partial charge in [-0.1, -0.05) is 127 Å². The lowest BCUT2D eigenvalue weighted by molar-refractivity contribution is 0.668. The second-order valence-electron chi connectivity index (χ2n) is 13.6. The fraction of sp³-hybridized carbons (Fsp3) is 0. The number of fused-ring (bicyclic) bond motifs is 7. The van der Waals surface area contributed by atoms with Crippen molar-refractivity contribution in [2.24, 2.45) is 0 Å². The van der Waals surface area contributed by atoms with Crippen molar-refractivity contribution in [3.05, 3.63) is 176 Å². The van der Waals surface area contributed by atoms with Gasteiger partial charge in [-0.15, -0.1) is 0 Å². The average molecular weight is 692 g/mol. The quantitative estimate of drug-likeness (QED) is 0.180. The molecule has 0 amide bonds. The molecule has 0 aliphatic carbocycles. The predicted molar refractivity (Wildman–Crippen MR) is 219 cm³/mol. The standard InChI is InChI=1S/C49H29N3O2/c1-3-9-30(10-4-1)31-15-17-33(18-16-31)48-50-47(32-11-5-2-6-12-32)51-49(52-48)38-19-22-39-40-26-36(20-23-43(40)53-45(39)29-38)37-21-24-44-41(27-37)42-25-34-13-7-8-14-35(34)28-46(42)54-44/h1-29H. The van der Waals surface area contributed by atoms with Crippen LogP contribution in [0.2, 0.25) is 0 Å². The van der Waals surface area contributed by atoms with Gasteiger partial charge in [0, 0.05) is 38.2 Å². The van der Waals surface area contributed by atoms with Crippen molar-refractivity contribution in [3.63, 3.8) is 0 Å². The minimum absolute atomic E-state index is 0.586. The number of hydrogen-bond donors (Lipinski definition) is 0. The normalized spacial score (nSPS) is 11.7. The molecule has 0 fully saturated rings. The zero-order valence-corrected chi connectivity index (χ0v) is 28.9. The highest BCUT2D eigenvalue weighted by Gasteiger charge is 2.16. The molecule has 0 N–H and O–H groups in total. The maximum absolute atomic E-state index is 6.46. The minimum Gasteiger partial charge on any atom is -0.456 e. The summed E-state index contributed by atoms with van der Waals surface area (Å²) in [7, 11) is 0.